The number of aliphatic hydroxyl groups is 1. The van der Waals surface area contributed by atoms with Gasteiger partial charge in [-0.1, -0.05) is 0 Å². The third kappa shape index (κ3) is 2.22. The van der Waals surface area contributed by atoms with E-state index in [-0.39, 0.29) is 12.5 Å². The average molecular weight is 220 g/mol. The van der Waals surface area contributed by atoms with Gasteiger partial charge in [0.2, 0.25) is 0 Å². The van der Waals surface area contributed by atoms with Gasteiger partial charge in [0, 0.05) is 30.5 Å². The molecule has 16 heavy (non-hydrogen) atoms. The summed E-state index contributed by atoms with van der Waals surface area (Å²) in [5.41, 5.74) is 0.648. The molecule has 1 aromatic heterocycles. The minimum atomic E-state index is 0.00106. The van der Waals surface area contributed by atoms with Crippen LogP contribution in [0.4, 0.5) is 0 Å². The average Bonchev–Trinajstić information content (AvgIpc) is 2.26. The van der Waals surface area contributed by atoms with E-state index in [9.17, 15) is 4.79 Å². The third-order valence-corrected chi connectivity index (χ3v) is 3.04. The number of rotatable bonds is 4. The van der Waals surface area contributed by atoms with Crippen molar-refractivity contribution in [3.05, 3.63) is 30.1 Å². The Balaban J connectivity index is 2.10. The molecule has 2 rings (SSSR count). The fraction of sp³-hybridized carbons (Fsp3) is 0.500. The molecule has 0 radical (unpaired) electrons. The van der Waals surface area contributed by atoms with Crippen LogP contribution in [0, 0.1) is 0 Å². The summed E-state index contributed by atoms with van der Waals surface area (Å²) in [6.07, 6.45) is 6.51. The van der Waals surface area contributed by atoms with Crippen molar-refractivity contribution in [2.75, 3.05) is 13.2 Å². The van der Waals surface area contributed by atoms with Crippen molar-refractivity contribution in [3.63, 3.8) is 0 Å². The van der Waals surface area contributed by atoms with Gasteiger partial charge in [-0.3, -0.25) is 9.78 Å². The first kappa shape index (κ1) is 11.1. The fourth-order valence-corrected chi connectivity index (χ4v) is 1.92. The van der Waals surface area contributed by atoms with Crippen LogP contribution < -0.4 is 0 Å². The lowest BCUT2D eigenvalue weighted by molar-refractivity contribution is 0.0525. The SMILES string of the molecule is O=C(c1ccncc1)N(CCO)C1CCC1. The lowest BCUT2D eigenvalue weighted by atomic mass is 9.91. The molecule has 86 valence electrons. The Morgan fingerprint density at radius 1 is 1.44 bits per heavy atom. The molecular weight excluding hydrogens is 204 g/mol. The number of aliphatic hydroxyl groups excluding tert-OH is 1. The van der Waals surface area contributed by atoms with Gasteiger partial charge in [0.25, 0.3) is 5.91 Å². The van der Waals surface area contributed by atoms with Crippen molar-refractivity contribution >= 4 is 5.91 Å². The summed E-state index contributed by atoms with van der Waals surface area (Å²) in [6.45, 7) is 0.444. The number of carbonyl (C=O) groups excluding carboxylic acids is 1. The van der Waals surface area contributed by atoms with Crippen molar-refractivity contribution in [1.29, 1.82) is 0 Å². The number of nitrogens with zero attached hydrogens (tertiary/aromatic N) is 2. The van der Waals surface area contributed by atoms with Gasteiger partial charge >= 0.3 is 0 Å². The lowest BCUT2D eigenvalue weighted by Gasteiger charge is -2.37. The molecule has 0 aliphatic heterocycles. The van der Waals surface area contributed by atoms with Gasteiger partial charge in [-0.25, -0.2) is 0 Å². The summed E-state index contributed by atoms with van der Waals surface area (Å²) in [7, 11) is 0. The molecule has 1 aliphatic carbocycles. The molecule has 1 amide bonds. The Morgan fingerprint density at radius 3 is 2.62 bits per heavy atom. The standard InChI is InChI=1S/C12H16N2O2/c15-9-8-14(11-2-1-3-11)12(16)10-4-6-13-7-5-10/h4-7,11,15H,1-3,8-9H2. The summed E-state index contributed by atoms with van der Waals surface area (Å²) in [6, 6.07) is 3.74. The summed E-state index contributed by atoms with van der Waals surface area (Å²) in [5.74, 6) is 0.00106. The number of hydrogen-bond acceptors (Lipinski definition) is 3. The van der Waals surface area contributed by atoms with Crippen LogP contribution in [-0.4, -0.2) is 40.1 Å². The van der Waals surface area contributed by atoms with Crippen LogP contribution in [0.15, 0.2) is 24.5 Å². The Hall–Kier alpha value is -1.42. The lowest BCUT2D eigenvalue weighted by Crippen LogP contribution is -2.45. The highest BCUT2D eigenvalue weighted by molar-refractivity contribution is 5.94. The van der Waals surface area contributed by atoms with E-state index in [2.05, 4.69) is 4.98 Å². The highest BCUT2D eigenvalue weighted by Crippen LogP contribution is 2.25. The van der Waals surface area contributed by atoms with E-state index in [4.69, 9.17) is 5.11 Å². The number of carbonyl (C=O) groups is 1. The molecule has 1 aromatic rings. The van der Waals surface area contributed by atoms with E-state index in [0.717, 1.165) is 12.8 Å². The third-order valence-electron chi connectivity index (χ3n) is 3.04. The number of amides is 1. The molecule has 1 saturated carbocycles. The topological polar surface area (TPSA) is 53.4 Å². The Kier molecular flexibility index (Phi) is 3.51. The van der Waals surface area contributed by atoms with E-state index in [0.29, 0.717) is 18.2 Å². The predicted molar refractivity (Wildman–Crippen MR) is 60.0 cm³/mol. The second-order valence-electron chi connectivity index (χ2n) is 4.04. The first-order valence-corrected chi connectivity index (χ1v) is 5.65. The maximum absolute atomic E-state index is 12.2. The summed E-state index contributed by atoms with van der Waals surface area (Å²) in [4.78, 5) is 17.8. The predicted octanol–water partition coefficient (Wildman–Crippen LogP) is 1.07. The molecule has 4 heteroatoms. The van der Waals surface area contributed by atoms with Gasteiger partial charge in [-0.2, -0.15) is 0 Å². The smallest absolute Gasteiger partial charge is 0.254 e. The first-order valence-electron chi connectivity index (χ1n) is 5.65. The van der Waals surface area contributed by atoms with Crippen LogP contribution in [0.3, 0.4) is 0 Å². The molecule has 1 aliphatic rings. The van der Waals surface area contributed by atoms with E-state index in [1.54, 1.807) is 29.4 Å². The zero-order valence-electron chi connectivity index (χ0n) is 9.17. The number of pyridine rings is 1. The molecule has 0 atom stereocenters. The van der Waals surface area contributed by atoms with Crippen molar-refractivity contribution in [2.45, 2.75) is 25.3 Å². The molecule has 0 saturated heterocycles. The minimum absolute atomic E-state index is 0.00106. The van der Waals surface area contributed by atoms with Crippen LogP contribution >= 0.6 is 0 Å². The van der Waals surface area contributed by atoms with Gasteiger partial charge in [0.05, 0.1) is 6.61 Å². The zero-order chi connectivity index (χ0) is 11.4. The van der Waals surface area contributed by atoms with Crippen molar-refractivity contribution in [2.24, 2.45) is 0 Å². The maximum atomic E-state index is 12.2. The molecule has 0 aromatic carbocycles. The second-order valence-corrected chi connectivity index (χ2v) is 4.04. The minimum Gasteiger partial charge on any atom is -0.395 e. The van der Waals surface area contributed by atoms with Gasteiger partial charge in [0.1, 0.15) is 0 Å². The van der Waals surface area contributed by atoms with E-state index < -0.39 is 0 Å². The van der Waals surface area contributed by atoms with Crippen LogP contribution in [0.1, 0.15) is 29.6 Å². The first-order chi connectivity index (χ1) is 7.83. The molecule has 0 spiro atoms. The second kappa shape index (κ2) is 5.07. The highest BCUT2D eigenvalue weighted by atomic mass is 16.3. The van der Waals surface area contributed by atoms with Gasteiger partial charge in [-0.05, 0) is 31.4 Å². The summed E-state index contributed by atoms with van der Waals surface area (Å²) >= 11 is 0. The van der Waals surface area contributed by atoms with E-state index in [1.165, 1.54) is 6.42 Å². The number of aromatic nitrogens is 1. The van der Waals surface area contributed by atoms with E-state index >= 15 is 0 Å². The Bertz CT molecular complexity index is 349. The fourth-order valence-electron chi connectivity index (χ4n) is 1.92. The Labute approximate surface area is 94.9 Å². The Morgan fingerprint density at radius 2 is 2.12 bits per heavy atom. The van der Waals surface area contributed by atoms with Crippen molar-refractivity contribution in [3.8, 4) is 0 Å². The van der Waals surface area contributed by atoms with E-state index in [1.807, 2.05) is 0 Å². The highest BCUT2D eigenvalue weighted by Gasteiger charge is 2.28. The van der Waals surface area contributed by atoms with Crippen molar-refractivity contribution < 1.29 is 9.90 Å². The molecule has 0 bridgehead atoms. The molecule has 1 fully saturated rings. The maximum Gasteiger partial charge on any atom is 0.254 e. The zero-order valence-corrected chi connectivity index (χ0v) is 9.17. The quantitative estimate of drug-likeness (QED) is 0.825. The largest absolute Gasteiger partial charge is 0.395 e. The normalized spacial score (nSPS) is 15.6. The van der Waals surface area contributed by atoms with Crippen LogP contribution in [-0.2, 0) is 0 Å². The molecular formula is C12H16N2O2. The van der Waals surface area contributed by atoms with Crippen LogP contribution in [0.2, 0.25) is 0 Å². The van der Waals surface area contributed by atoms with Gasteiger partial charge in [0.15, 0.2) is 0 Å². The molecule has 1 heterocycles. The monoisotopic (exact) mass is 220 g/mol. The van der Waals surface area contributed by atoms with Crippen molar-refractivity contribution in [1.82, 2.24) is 9.88 Å². The summed E-state index contributed by atoms with van der Waals surface area (Å²) in [5, 5.41) is 8.99. The summed E-state index contributed by atoms with van der Waals surface area (Å²) < 4.78 is 0. The van der Waals surface area contributed by atoms with Gasteiger partial charge < -0.3 is 10.0 Å². The molecule has 0 unspecified atom stereocenters. The molecule has 1 N–H and O–H groups in total. The number of hydrogen-bond donors (Lipinski definition) is 1. The van der Waals surface area contributed by atoms with Crippen LogP contribution in [0.5, 0.6) is 0 Å². The van der Waals surface area contributed by atoms with Crippen LogP contribution in [0.25, 0.3) is 0 Å². The van der Waals surface area contributed by atoms with Gasteiger partial charge in [-0.15, -0.1) is 0 Å². The molecule has 4 nitrogen and oxygen atoms in total.